The summed E-state index contributed by atoms with van der Waals surface area (Å²) in [7, 11) is 0. The number of hydrogen-bond acceptors (Lipinski definition) is 3. The van der Waals surface area contributed by atoms with E-state index in [1.807, 2.05) is 24.3 Å². The lowest BCUT2D eigenvalue weighted by atomic mass is 10.2. The van der Waals surface area contributed by atoms with Gasteiger partial charge in [-0.2, -0.15) is 10.1 Å². The molecule has 0 saturated carbocycles. The van der Waals surface area contributed by atoms with Gasteiger partial charge in [-0.1, -0.05) is 12.1 Å². The second kappa shape index (κ2) is 4.12. The maximum absolute atomic E-state index is 11.6. The standard InChI is InChI=1S/C10H10BrN3O/c11-8-3-1-2-4-9(8)14-10(15)5-7(6-12)13-14/h1-4H,5-6,12H2. The predicted molar refractivity (Wildman–Crippen MR) is 62.7 cm³/mol. The molecule has 1 aromatic rings. The largest absolute Gasteiger partial charge is 0.325 e. The van der Waals surface area contributed by atoms with Gasteiger partial charge in [-0.25, -0.2) is 0 Å². The Balaban J connectivity index is 2.36. The van der Waals surface area contributed by atoms with Crippen LogP contribution >= 0.6 is 15.9 Å². The molecule has 0 radical (unpaired) electrons. The van der Waals surface area contributed by atoms with Crippen molar-refractivity contribution in [2.45, 2.75) is 6.42 Å². The lowest BCUT2D eigenvalue weighted by Crippen LogP contribution is -2.19. The highest BCUT2D eigenvalue weighted by Crippen LogP contribution is 2.28. The number of nitrogens with two attached hydrogens (primary N) is 1. The lowest BCUT2D eigenvalue weighted by molar-refractivity contribution is -0.116. The number of hydrogen-bond donors (Lipinski definition) is 1. The van der Waals surface area contributed by atoms with Gasteiger partial charge in [-0.05, 0) is 28.1 Å². The van der Waals surface area contributed by atoms with Gasteiger partial charge in [-0.3, -0.25) is 4.79 Å². The third kappa shape index (κ3) is 1.93. The number of para-hydroxylation sites is 1. The molecular weight excluding hydrogens is 258 g/mol. The van der Waals surface area contributed by atoms with E-state index in [1.54, 1.807) is 0 Å². The van der Waals surface area contributed by atoms with Crippen LogP contribution in [0.25, 0.3) is 0 Å². The molecule has 0 fully saturated rings. The third-order valence-electron chi connectivity index (χ3n) is 2.15. The van der Waals surface area contributed by atoms with Crippen LogP contribution in [0.2, 0.25) is 0 Å². The molecule has 0 spiro atoms. The van der Waals surface area contributed by atoms with Crippen LogP contribution in [0.5, 0.6) is 0 Å². The first-order valence-electron chi connectivity index (χ1n) is 4.56. The van der Waals surface area contributed by atoms with E-state index in [4.69, 9.17) is 5.73 Å². The van der Waals surface area contributed by atoms with E-state index < -0.39 is 0 Å². The van der Waals surface area contributed by atoms with Gasteiger partial charge >= 0.3 is 0 Å². The van der Waals surface area contributed by atoms with Gasteiger partial charge < -0.3 is 5.73 Å². The van der Waals surface area contributed by atoms with Gasteiger partial charge in [0.15, 0.2) is 0 Å². The van der Waals surface area contributed by atoms with Crippen molar-refractivity contribution in [2.75, 3.05) is 11.6 Å². The van der Waals surface area contributed by atoms with Crippen molar-refractivity contribution in [3.05, 3.63) is 28.7 Å². The highest BCUT2D eigenvalue weighted by molar-refractivity contribution is 9.10. The topological polar surface area (TPSA) is 58.7 Å². The monoisotopic (exact) mass is 267 g/mol. The number of halogens is 1. The number of rotatable bonds is 2. The van der Waals surface area contributed by atoms with Crippen LogP contribution in [-0.2, 0) is 4.79 Å². The van der Waals surface area contributed by atoms with Crippen molar-refractivity contribution < 1.29 is 4.79 Å². The maximum atomic E-state index is 11.6. The van der Waals surface area contributed by atoms with Crippen LogP contribution in [0.15, 0.2) is 33.8 Å². The summed E-state index contributed by atoms with van der Waals surface area (Å²) in [4.78, 5) is 11.6. The molecule has 1 aliphatic heterocycles. The minimum absolute atomic E-state index is 0.0395. The molecule has 1 aliphatic rings. The number of nitrogens with zero attached hydrogens (tertiary/aromatic N) is 2. The quantitative estimate of drug-likeness (QED) is 0.883. The molecule has 0 bridgehead atoms. The average molecular weight is 268 g/mol. The molecule has 2 N–H and O–H groups in total. The molecule has 0 aliphatic carbocycles. The Bertz CT molecular complexity index is 430. The fourth-order valence-corrected chi connectivity index (χ4v) is 1.86. The van der Waals surface area contributed by atoms with Gasteiger partial charge in [0.25, 0.3) is 5.91 Å². The minimum Gasteiger partial charge on any atom is -0.325 e. The Kier molecular flexibility index (Phi) is 2.83. The Hall–Kier alpha value is -1.20. The van der Waals surface area contributed by atoms with Crippen molar-refractivity contribution in [1.82, 2.24) is 0 Å². The van der Waals surface area contributed by atoms with E-state index in [9.17, 15) is 4.79 Å². The number of carbonyl (C=O) groups is 1. The molecular formula is C10H10BrN3O. The summed E-state index contributed by atoms with van der Waals surface area (Å²) in [5.41, 5.74) is 6.93. The Labute approximate surface area is 95.9 Å². The zero-order valence-electron chi connectivity index (χ0n) is 7.98. The molecule has 0 unspecified atom stereocenters. The van der Waals surface area contributed by atoms with E-state index in [1.165, 1.54) is 5.01 Å². The maximum Gasteiger partial charge on any atom is 0.253 e. The van der Waals surface area contributed by atoms with Crippen molar-refractivity contribution in [1.29, 1.82) is 0 Å². The first-order chi connectivity index (χ1) is 7.22. The molecule has 2 rings (SSSR count). The molecule has 1 amide bonds. The van der Waals surface area contributed by atoms with Crippen LogP contribution in [-0.4, -0.2) is 18.2 Å². The summed E-state index contributed by atoms with van der Waals surface area (Å²) in [6, 6.07) is 7.47. The fraction of sp³-hybridized carbons (Fsp3) is 0.200. The van der Waals surface area contributed by atoms with Gasteiger partial charge in [0.1, 0.15) is 0 Å². The average Bonchev–Trinajstić information content (AvgIpc) is 2.60. The molecule has 4 nitrogen and oxygen atoms in total. The van der Waals surface area contributed by atoms with E-state index in [-0.39, 0.29) is 5.91 Å². The Morgan fingerprint density at radius 2 is 2.20 bits per heavy atom. The predicted octanol–water partition coefficient (Wildman–Crippen LogP) is 1.50. The second-order valence-corrected chi connectivity index (χ2v) is 4.06. The summed E-state index contributed by atoms with van der Waals surface area (Å²) in [5.74, 6) is -0.0395. The van der Waals surface area contributed by atoms with Gasteiger partial charge in [-0.15, -0.1) is 0 Å². The van der Waals surface area contributed by atoms with Gasteiger partial charge in [0.05, 0.1) is 17.8 Å². The van der Waals surface area contributed by atoms with Crippen LogP contribution in [0.4, 0.5) is 5.69 Å². The number of hydrazone groups is 1. The van der Waals surface area contributed by atoms with Gasteiger partial charge in [0, 0.05) is 11.0 Å². The van der Waals surface area contributed by atoms with Crippen molar-refractivity contribution in [3.8, 4) is 0 Å². The number of carbonyl (C=O) groups excluding carboxylic acids is 1. The van der Waals surface area contributed by atoms with Crippen LogP contribution in [0.1, 0.15) is 6.42 Å². The summed E-state index contributed by atoms with van der Waals surface area (Å²) >= 11 is 3.38. The molecule has 1 aromatic carbocycles. The normalized spacial score (nSPS) is 15.7. The molecule has 5 heteroatoms. The number of anilines is 1. The highest BCUT2D eigenvalue weighted by atomic mass is 79.9. The Morgan fingerprint density at radius 3 is 2.80 bits per heavy atom. The molecule has 0 atom stereocenters. The minimum atomic E-state index is -0.0395. The fourth-order valence-electron chi connectivity index (χ4n) is 1.41. The van der Waals surface area contributed by atoms with E-state index in [0.717, 1.165) is 15.9 Å². The van der Waals surface area contributed by atoms with Crippen LogP contribution < -0.4 is 10.7 Å². The molecule has 15 heavy (non-hydrogen) atoms. The SMILES string of the molecule is NCC1=NN(c2ccccc2Br)C(=O)C1. The van der Waals surface area contributed by atoms with Gasteiger partial charge in [0.2, 0.25) is 0 Å². The van der Waals surface area contributed by atoms with Crippen molar-refractivity contribution >= 4 is 33.2 Å². The Morgan fingerprint density at radius 1 is 1.47 bits per heavy atom. The zero-order valence-corrected chi connectivity index (χ0v) is 9.57. The zero-order chi connectivity index (χ0) is 10.8. The summed E-state index contributed by atoms with van der Waals surface area (Å²) in [6.07, 6.45) is 0.317. The smallest absolute Gasteiger partial charge is 0.253 e. The molecule has 0 saturated heterocycles. The van der Waals surface area contributed by atoms with E-state index in [0.29, 0.717) is 13.0 Å². The molecule has 0 aromatic heterocycles. The van der Waals surface area contributed by atoms with Crippen molar-refractivity contribution in [3.63, 3.8) is 0 Å². The van der Waals surface area contributed by atoms with E-state index in [2.05, 4.69) is 21.0 Å². The van der Waals surface area contributed by atoms with E-state index >= 15 is 0 Å². The number of benzene rings is 1. The highest BCUT2D eigenvalue weighted by Gasteiger charge is 2.25. The third-order valence-corrected chi connectivity index (χ3v) is 2.82. The summed E-state index contributed by atoms with van der Waals surface area (Å²) < 4.78 is 0.848. The molecule has 1 heterocycles. The second-order valence-electron chi connectivity index (χ2n) is 3.20. The molecule has 78 valence electrons. The summed E-state index contributed by atoms with van der Waals surface area (Å²) in [5, 5.41) is 5.56. The first-order valence-corrected chi connectivity index (χ1v) is 5.35. The number of amides is 1. The van der Waals surface area contributed by atoms with Crippen LogP contribution in [0, 0.1) is 0 Å². The lowest BCUT2D eigenvalue weighted by Gasteiger charge is -2.12. The summed E-state index contributed by atoms with van der Waals surface area (Å²) in [6.45, 7) is 0.326. The van der Waals surface area contributed by atoms with Crippen molar-refractivity contribution in [2.24, 2.45) is 10.8 Å². The first kappa shape index (κ1) is 10.3. The van der Waals surface area contributed by atoms with Crippen LogP contribution in [0.3, 0.4) is 0 Å².